The van der Waals surface area contributed by atoms with E-state index >= 15 is 0 Å². The normalized spacial score (nSPS) is 27.3. The van der Waals surface area contributed by atoms with Crippen molar-refractivity contribution >= 4 is 45.3 Å². The number of carbonyl (C=O) groups excluding carboxylic acids is 3. The summed E-state index contributed by atoms with van der Waals surface area (Å²) in [6.45, 7) is 3.38. The summed E-state index contributed by atoms with van der Waals surface area (Å²) in [5, 5.41) is 0.490. The summed E-state index contributed by atoms with van der Waals surface area (Å²) in [7, 11) is 0. The molecular formula is C21H16BrClO5. The molecule has 1 aliphatic heterocycles. The fourth-order valence-electron chi connectivity index (χ4n) is 4.38. The van der Waals surface area contributed by atoms with Gasteiger partial charge in [-0.25, -0.2) is 0 Å². The predicted octanol–water partition coefficient (Wildman–Crippen LogP) is 4.56. The molecule has 0 unspecified atom stereocenters. The van der Waals surface area contributed by atoms with E-state index in [1.54, 1.807) is 56.3 Å². The second-order valence-corrected chi connectivity index (χ2v) is 8.42. The van der Waals surface area contributed by atoms with Crippen molar-refractivity contribution in [2.24, 2.45) is 10.8 Å². The lowest BCUT2D eigenvalue weighted by molar-refractivity contribution is -0.162. The van der Waals surface area contributed by atoms with E-state index in [4.69, 9.17) is 21.1 Å². The standard InChI is InChI=1S/C21H16BrClO5/c1-3-27-18(25)21-16(14-10-12(22)6-9-15(14)28-19(21)26)20(21,2)17(24)11-4-7-13(23)8-5-11/h4-10,16H,3H2,1-2H3/t16-,20+,21-/m1/s1. The number of hydrogen-bond acceptors (Lipinski definition) is 5. The van der Waals surface area contributed by atoms with Crippen LogP contribution in [0.25, 0.3) is 0 Å². The van der Waals surface area contributed by atoms with Gasteiger partial charge in [0.25, 0.3) is 0 Å². The van der Waals surface area contributed by atoms with Gasteiger partial charge in [0, 0.05) is 26.5 Å². The molecule has 4 rings (SSSR count). The van der Waals surface area contributed by atoms with Crippen molar-refractivity contribution in [1.82, 2.24) is 0 Å². The van der Waals surface area contributed by atoms with Crippen LogP contribution in [0.3, 0.4) is 0 Å². The van der Waals surface area contributed by atoms with Gasteiger partial charge in [0.15, 0.2) is 11.2 Å². The van der Waals surface area contributed by atoms with E-state index in [-0.39, 0.29) is 12.4 Å². The zero-order valence-electron chi connectivity index (χ0n) is 15.1. The minimum absolute atomic E-state index is 0.0944. The van der Waals surface area contributed by atoms with E-state index in [1.165, 1.54) is 0 Å². The van der Waals surface area contributed by atoms with Crippen LogP contribution in [-0.2, 0) is 14.3 Å². The molecule has 1 heterocycles. The molecule has 0 saturated heterocycles. The molecule has 1 aliphatic carbocycles. The smallest absolute Gasteiger partial charge is 0.330 e. The number of benzene rings is 2. The Morgan fingerprint density at radius 3 is 2.54 bits per heavy atom. The number of carbonyl (C=O) groups is 3. The Bertz CT molecular complexity index is 1020. The fourth-order valence-corrected chi connectivity index (χ4v) is 4.89. The summed E-state index contributed by atoms with van der Waals surface area (Å²) in [5.41, 5.74) is -2.02. The van der Waals surface area contributed by atoms with E-state index in [2.05, 4.69) is 15.9 Å². The van der Waals surface area contributed by atoms with Gasteiger partial charge >= 0.3 is 11.9 Å². The lowest BCUT2D eigenvalue weighted by Gasteiger charge is -2.22. The molecule has 5 nitrogen and oxygen atoms in total. The van der Waals surface area contributed by atoms with Gasteiger partial charge in [-0.2, -0.15) is 0 Å². The Labute approximate surface area is 175 Å². The molecule has 0 bridgehead atoms. The van der Waals surface area contributed by atoms with Crippen molar-refractivity contribution in [3.63, 3.8) is 0 Å². The maximum Gasteiger partial charge on any atom is 0.330 e. The molecule has 7 heteroatoms. The van der Waals surface area contributed by atoms with E-state index in [0.29, 0.717) is 21.9 Å². The number of ether oxygens (including phenoxy) is 2. The summed E-state index contributed by atoms with van der Waals surface area (Å²) in [4.78, 5) is 39.5. The van der Waals surface area contributed by atoms with E-state index in [1.807, 2.05) is 0 Å². The van der Waals surface area contributed by atoms with Crippen molar-refractivity contribution in [3.8, 4) is 5.75 Å². The minimum atomic E-state index is -1.70. The minimum Gasteiger partial charge on any atom is -0.465 e. The highest BCUT2D eigenvalue weighted by molar-refractivity contribution is 9.10. The third-order valence-electron chi connectivity index (χ3n) is 5.73. The molecule has 0 amide bonds. The van der Waals surface area contributed by atoms with Crippen LogP contribution < -0.4 is 4.74 Å². The molecule has 3 atom stereocenters. The maximum atomic E-state index is 13.5. The third-order valence-corrected chi connectivity index (χ3v) is 6.47. The molecule has 1 saturated carbocycles. The van der Waals surface area contributed by atoms with Crippen molar-refractivity contribution in [3.05, 3.63) is 63.1 Å². The highest BCUT2D eigenvalue weighted by atomic mass is 79.9. The second-order valence-electron chi connectivity index (χ2n) is 7.07. The molecule has 0 N–H and O–H groups in total. The molecule has 1 fully saturated rings. The van der Waals surface area contributed by atoms with Gasteiger partial charge in [0.05, 0.1) is 12.0 Å². The second kappa shape index (κ2) is 6.42. The molecule has 2 aromatic rings. The van der Waals surface area contributed by atoms with E-state index in [9.17, 15) is 14.4 Å². The molecule has 28 heavy (non-hydrogen) atoms. The summed E-state index contributed by atoms with van der Waals surface area (Å²) < 4.78 is 11.5. The quantitative estimate of drug-likeness (QED) is 0.288. The van der Waals surface area contributed by atoms with Gasteiger partial charge in [-0.05, 0) is 56.3 Å². The van der Waals surface area contributed by atoms with Crippen LogP contribution in [-0.4, -0.2) is 24.3 Å². The number of fused-ring (bicyclic) bond motifs is 3. The average molecular weight is 464 g/mol. The van der Waals surface area contributed by atoms with E-state index in [0.717, 1.165) is 4.47 Å². The molecule has 0 spiro atoms. The van der Waals surface area contributed by atoms with Gasteiger partial charge in [-0.3, -0.25) is 14.4 Å². The molecule has 2 aliphatic rings. The van der Waals surface area contributed by atoms with Crippen LogP contribution in [0.4, 0.5) is 0 Å². The number of hydrogen-bond donors (Lipinski definition) is 0. The van der Waals surface area contributed by atoms with Crippen molar-refractivity contribution in [1.29, 1.82) is 0 Å². The topological polar surface area (TPSA) is 69.7 Å². The Morgan fingerprint density at radius 2 is 1.89 bits per heavy atom. The Balaban J connectivity index is 1.90. The highest BCUT2D eigenvalue weighted by Crippen LogP contribution is 2.78. The molecule has 0 radical (unpaired) electrons. The number of esters is 2. The molecule has 2 aromatic carbocycles. The third kappa shape index (κ3) is 2.34. The van der Waals surface area contributed by atoms with Crippen molar-refractivity contribution < 1.29 is 23.9 Å². The van der Waals surface area contributed by atoms with Crippen LogP contribution in [0.2, 0.25) is 5.02 Å². The zero-order valence-corrected chi connectivity index (χ0v) is 17.5. The number of halogens is 2. The van der Waals surface area contributed by atoms with Gasteiger partial charge in [0.1, 0.15) is 5.75 Å². The summed E-state index contributed by atoms with van der Waals surface area (Å²) in [6.07, 6.45) is 0. The van der Waals surface area contributed by atoms with Gasteiger partial charge in [-0.1, -0.05) is 27.5 Å². The average Bonchev–Trinajstić information content (AvgIpc) is 3.26. The van der Waals surface area contributed by atoms with Crippen LogP contribution in [0.15, 0.2) is 46.9 Å². The van der Waals surface area contributed by atoms with Crippen LogP contribution >= 0.6 is 27.5 Å². The van der Waals surface area contributed by atoms with E-state index < -0.39 is 28.7 Å². The first-order chi connectivity index (χ1) is 13.3. The molecule has 144 valence electrons. The number of Topliss-reactive ketones (excluding diaryl/α,β-unsaturated/α-hetero) is 1. The first-order valence-electron chi connectivity index (χ1n) is 8.77. The Hall–Kier alpha value is -2.18. The first-order valence-corrected chi connectivity index (χ1v) is 9.94. The number of ketones is 1. The van der Waals surface area contributed by atoms with Crippen LogP contribution in [0.1, 0.15) is 35.7 Å². The predicted molar refractivity (Wildman–Crippen MR) is 105 cm³/mol. The largest absolute Gasteiger partial charge is 0.465 e. The van der Waals surface area contributed by atoms with Crippen molar-refractivity contribution in [2.75, 3.05) is 6.61 Å². The summed E-state index contributed by atoms with van der Waals surface area (Å²) in [5.74, 6) is -2.13. The summed E-state index contributed by atoms with van der Waals surface area (Å²) in [6, 6.07) is 11.6. The van der Waals surface area contributed by atoms with Crippen LogP contribution in [0, 0.1) is 10.8 Å². The van der Waals surface area contributed by atoms with Crippen LogP contribution in [0.5, 0.6) is 5.75 Å². The molecule has 0 aromatic heterocycles. The number of rotatable bonds is 4. The lowest BCUT2D eigenvalue weighted by atomic mass is 9.87. The lowest BCUT2D eigenvalue weighted by Crippen LogP contribution is -2.40. The highest BCUT2D eigenvalue weighted by Gasteiger charge is 2.89. The summed E-state index contributed by atoms with van der Waals surface area (Å²) >= 11 is 9.34. The van der Waals surface area contributed by atoms with Gasteiger partial charge in [-0.15, -0.1) is 0 Å². The Kier molecular flexibility index (Phi) is 4.39. The first kappa shape index (κ1) is 19.2. The fraction of sp³-hybridized carbons (Fsp3) is 0.286. The SMILES string of the molecule is CCOC(=O)[C@@]12C(=O)Oc3ccc(Br)cc3[C@@H]1[C@@]2(C)C(=O)c1ccc(Cl)cc1. The van der Waals surface area contributed by atoms with Gasteiger partial charge < -0.3 is 9.47 Å². The Morgan fingerprint density at radius 1 is 1.21 bits per heavy atom. The zero-order chi connectivity index (χ0) is 20.3. The molecular weight excluding hydrogens is 448 g/mol. The monoisotopic (exact) mass is 462 g/mol. The maximum absolute atomic E-state index is 13.5. The van der Waals surface area contributed by atoms with Gasteiger partial charge in [0.2, 0.25) is 0 Å². The van der Waals surface area contributed by atoms with Crippen molar-refractivity contribution in [2.45, 2.75) is 19.8 Å².